The maximum Gasteiger partial charge on any atom is 0.101 e. The predicted molar refractivity (Wildman–Crippen MR) is 163 cm³/mol. The van der Waals surface area contributed by atoms with E-state index < -0.39 is 0 Å². The van der Waals surface area contributed by atoms with Crippen LogP contribution in [-0.4, -0.2) is 41.9 Å². The topological polar surface area (TPSA) is 62.2 Å². The first kappa shape index (κ1) is 37.4. The third-order valence-electron chi connectivity index (χ3n) is 7.32. The van der Waals surface area contributed by atoms with Crippen molar-refractivity contribution in [3.8, 4) is 0 Å². The highest BCUT2D eigenvalue weighted by atomic mass is 16.9. The van der Waals surface area contributed by atoms with Crippen LogP contribution in [0.15, 0.2) is 12.3 Å². The minimum Gasteiger partial charge on any atom is -0.394 e. The second-order valence-electron chi connectivity index (χ2n) is 11.1. The van der Waals surface area contributed by atoms with Gasteiger partial charge < -0.3 is 10.2 Å². The van der Waals surface area contributed by atoms with E-state index in [1.54, 1.807) is 6.20 Å². The van der Waals surface area contributed by atoms with Gasteiger partial charge in [0.05, 0.1) is 19.4 Å². The Morgan fingerprint density at radius 1 is 0.447 bits per heavy atom. The Hall–Kier alpha value is -0.620. The Bertz CT molecular complexity index is 439. The molecule has 0 heterocycles. The number of hydroxylamine groups is 2. The first-order chi connectivity index (χ1) is 18.8. The van der Waals surface area contributed by atoms with Crippen molar-refractivity contribution in [2.45, 2.75) is 174 Å². The van der Waals surface area contributed by atoms with Crippen LogP contribution in [0.4, 0.5) is 0 Å². The van der Waals surface area contributed by atoms with Gasteiger partial charge in [-0.2, -0.15) is 0 Å². The van der Waals surface area contributed by atoms with Crippen molar-refractivity contribution in [2.75, 3.05) is 26.4 Å². The molecule has 0 saturated heterocycles. The molecule has 5 heteroatoms. The average Bonchev–Trinajstić information content (AvgIpc) is 2.93. The molecule has 0 atom stereocenters. The summed E-state index contributed by atoms with van der Waals surface area (Å²) in [6.07, 6.45) is 40.2. The zero-order chi connectivity index (χ0) is 27.6. The Labute approximate surface area is 237 Å². The third kappa shape index (κ3) is 31.6. The van der Waals surface area contributed by atoms with E-state index in [-0.39, 0.29) is 26.4 Å². The van der Waals surface area contributed by atoms with Gasteiger partial charge in [-0.15, -0.1) is 5.23 Å². The van der Waals surface area contributed by atoms with Crippen LogP contribution in [0.5, 0.6) is 0 Å². The molecule has 0 aliphatic heterocycles. The third-order valence-corrected chi connectivity index (χ3v) is 7.32. The van der Waals surface area contributed by atoms with E-state index in [1.807, 2.05) is 6.08 Å². The van der Waals surface area contributed by atoms with Crippen LogP contribution < -0.4 is 0 Å². The summed E-state index contributed by atoms with van der Waals surface area (Å²) in [6, 6.07) is 0. The van der Waals surface area contributed by atoms with Gasteiger partial charge in [0.25, 0.3) is 0 Å². The molecule has 0 aromatic carbocycles. The lowest BCUT2D eigenvalue weighted by atomic mass is 10.0. The van der Waals surface area contributed by atoms with E-state index >= 15 is 0 Å². The number of nitrogens with zero attached hydrogens (tertiary/aromatic N) is 1. The summed E-state index contributed by atoms with van der Waals surface area (Å²) >= 11 is 0. The lowest BCUT2D eigenvalue weighted by Crippen LogP contribution is -2.22. The molecule has 0 saturated carbocycles. The Balaban J connectivity index is 3.21. The standard InChI is InChI=1S/C33H67NO4/c1-2-3-4-5-6-7-8-9-10-11-12-13-14-15-16-17-18-19-20-21-22-23-24-25-26-27-28-29-34(37-32-30-35)38-33-31-36/h28-29,35-36H,2-27,30-33H2,1H3. The molecular formula is C33H67NO4. The van der Waals surface area contributed by atoms with Crippen molar-refractivity contribution in [2.24, 2.45) is 0 Å². The minimum absolute atomic E-state index is 0.0631. The number of rotatable bonds is 33. The van der Waals surface area contributed by atoms with Crippen LogP contribution in [0.3, 0.4) is 0 Å². The summed E-state index contributed by atoms with van der Waals surface area (Å²) in [7, 11) is 0. The van der Waals surface area contributed by atoms with Gasteiger partial charge in [-0.1, -0.05) is 167 Å². The summed E-state index contributed by atoms with van der Waals surface area (Å²) in [5.74, 6) is 0. The monoisotopic (exact) mass is 542 g/mol. The van der Waals surface area contributed by atoms with Gasteiger partial charge in [-0.05, 0) is 12.8 Å². The van der Waals surface area contributed by atoms with E-state index in [4.69, 9.17) is 19.9 Å². The molecule has 38 heavy (non-hydrogen) atoms. The van der Waals surface area contributed by atoms with Gasteiger partial charge in [0, 0.05) is 0 Å². The molecular weight excluding hydrogens is 474 g/mol. The van der Waals surface area contributed by atoms with Gasteiger partial charge in [-0.3, -0.25) is 0 Å². The van der Waals surface area contributed by atoms with Crippen molar-refractivity contribution in [1.82, 2.24) is 5.23 Å². The van der Waals surface area contributed by atoms with Crippen LogP contribution >= 0.6 is 0 Å². The maximum atomic E-state index is 8.83. The largest absolute Gasteiger partial charge is 0.394 e. The van der Waals surface area contributed by atoms with Crippen molar-refractivity contribution in [1.29, 1.82) is 0 Å². The summed E-state index contributed by atoms with van der Waals surface area (Å²) in [5.41, 5.74) is 0. The number of aliphatic hydroxyl groups is 2. The van der Waals surface area contributed by atoms with Crippen LogP contribution in [0.1, 0.15) is 174 Å². The van der Waals surface area contributed by atoms with Gasteiger partial charge >= 0.3 is 0 Å². The fourth-order valence-corrected chi connectivity index (χ4v) is 4.95. The zero-order valence-electron chi connectivity index (χ0n) is 25.5. The number of unbranched alkanes of at least 4 members (excludes halogenated alkanes) is 25. The molecule has 0 rings (SSSR count). The molecule has 0 aromatic rings. The van der Waals surface area contributed by atoms with E-state index in [0.717, 1.165) is 6.42 Å². The zero-order valence-corrected chi connectivity index (χ0v) is 25.5. The van der Waals surface area contributed by atoms with Crippen molar-refractivity contribution >= 4 is 0 Å². The summed E-state index contributed by atoms with van der Waals surface area (Å²) in [4.78, 5) is 10.4. The molecule has 0 bridgehead atoms. The molecule has 0 aliphatic rings. The summed E-state index contributed by atoms with van der Waals surface area (Å²) in [5, 5.41) is 18.9. The Morgan fingerprint density at radius 2 is 0.737 bits per heavy atom. The van der Waals surface area contributed by atoms with E-state index in [9.17, 15) is 0 Å². The molecule has 0 radical (unpaired) electrons. The van der Waals surface area contributed by atoms with E-state index in [2.05, 4.69) is 6.92 Å². The highest BCUT2D eigenvalue weighted by molar-refractivity contribution is 4.76. The Kier molecular flexibility index (Phi) is 33.8. The molecule has 0 amide bonds. The smallest absolute Gasteiger partial charge is 0.101 e. The summed E-state index contributed by atoms with van der Waals surface area (Å²) < 4.78 is 0. The van der Waals surface area contributed by atoms with Crippen LogP contribution in [0, 0.1) is 0 Å². The van der Waals surface area contributed by atoms with Crippen LogP contribution in [-0.2, 0) is 9.68 Å². The fourth-order valence-electron chi connectivity index (χ4n) is 4.95. The highest BCUT2D eigenvalue weighted by Gasteiger charge is 1.99. The molecule has 0 aromatic heterocycles. The number of hydrogen-bond donors (Lipinski definition) is 2. The lowest BCUT2D eigenvalue weighted by molar-refractivity contribution is -0.339. The minimum atomic E-state index is -0.0631. The van der Waals surface area contributed by atoms with E-state index in [0.29, 0.717) is 0 Å². The van der Waals surface area contributed by atoms with Crippen molar-refractivity contribution in [3.05, 3.63) is 12.3 Å². The normalized spacial score (nSPS) is 11.7. The fraction of sp³-hybridized carbons (Fsp3) is 0.939. The van der Waals surface area contributed by atoms with Crippen molar-refractivity contribution in [3.63, 3.8) is 0 Å². The molecule has 0 unspecified atom stereocenters. The van der Waals surface area contributed by atoms with Crippen LogP contribution in [0.25, 0.3) is 0 Å². The van der Waals surface area contributed by atoms with Crippen molar-refractivity contribution < 1.29 is 19.9 Å². The lowest BCUT2D eigenvalue weighted by Gasteiger charge is -2.17. The molecule has 5 nitrogen and oxygen atoms in total. The highest BCUT2D eigenvalue weighted by Crippen LogP contribution is 2.16. The molecule has 0 aliphatic carbocycles. The Morgan fingerprint density at radius 3 is 1.03 bits per heavy atom. The number of aliphatic hydroxyl groups excluding tert-OH is 2. The second kappa shape index (κ2) is 34.4. The molecule has 0 spiro atoms. The van der Waals surface area contributed by atoms with Gasteiger partial charge in [0.15, 0.2) is 0 Å². The number of hydrogen-bond acceptors (Lipinski definition) is 5. The number of allylic oxidation sites excluding steroid dienone is 1. The average molecular weight is 542 g/mol. The van der Waals surface area contributed by atoms with E-state index in [1.165, 1.54) is 166 Å². The first-order valence-electron chi connectivity index (χ1n) is 16.8. The van der Waals surface area contributed by atoms with Crippen LogP contribution in [0.2, 0.25) is 0 Å². The summed E-state index contributed by atoms with van der Waals surface area (Å²) in [6.45, 7) is 2.52. The predicted octanol–water partition coefficient (Wildman–Crippen LogP) is 9.81. The quantitative estimate of drug-likeness (QED) is 0.0639. The van der Waals surface area contributed by atoms with Gasteiger partial charge in [-0.25, -0.2) is 9.68 Å². The molecule has 2 N–H and O–H groups in total. The maximum absolute atomic E-state index is 8.83. The SMILES string of the molecule is CCCCCCCCCCCCCCCCCCCCCCCCCCCC=CN(OCCO)OCCO. The second-order valence-corrected chi connectivity index (χ2v) is 11.1. The van der Waals surface area contributed by atoms with Gasteiger partial charge in [0.2, 0.25) is 0 Å². The van der Waals surface area contributed by atoms with Gasteiger partial charge in [0.1, 0.15) is 13.2 Å². The first-order valence-corrected chi connectivity index (χ1v) is 16.8. The molecule has 0 fully saturated rings. The molecule has 228 valence electrons.